The summed E-state index contributed by atoms with van der Waals surface area (Å²) in [7, 11) is 0. The molecule has 1 aliphatic rings. The highest BCUT2D eigenvalue weighted by molar-refractivity contribution is 9.10. The number of halogens is 1. The van der Waals surface area contributed by atoms with E-state index in [4.69, 9.17) is 5.73 Å². The van der Waals surface area contributed by atoms with Crippen LogP contribution < -0.4 is 5.73 Å². The van der Waals surface area contributed by atoms with Gasteiger partial charge in [-0.15, -0.1) is 11.3 Å². The van der Waals surface area contributed by atoms with Crippen LogP contribution in [0.2, 0.25) is 0 Å². The van der Waals surface area contributed by atoms with Crippen LogP contribution in [-0.2, 0) is 0 Å². The number of nitrogens with zero attached hydrogens (tertiary/aromatic N) is 1. The molecule has 2 nitrogen and oxygen atoms in total. The van der Waals surface area contributed by atoms with Gasteiger partial charge < -0.3 is 5.73 Å². The Labute approximate surface area is 120 Å². The van der Waals surface area contributed by atoms with E-state index in [2.05, 4.69) is 51.0 Å². The van der Waals surface area contributed by atoms with Crippen molar-refractivity contribution in [1.29, 1.82) is 0 Å². The van der Waals surface area contributed by atoms with E-state index < -0.39 is 0 Å². The standard InChI is InChI=1S/C12H19BrN2S2/c1-2-9-8-15(4-6-16-9)11(7-14)12-10(13)3-5-17-12/h3,5,9,11H,2,4,6-8,14H2,1H3. The highest BCUT2D eigenvalue weighted by Gasteiger charge is 2.27. The van der Waals surface area contributed by atoms with Gasteiger partial charge in [0.05, 0.1) is 6.04 Å². The summed E-state index contributed by atoms with van der Waals surface area (Å²) in [6.45, 7) is 5.32. The Kier molecular flexibility index (Phi) is 5.36. The molecule has 1 fully saturated rings. The van der Waals surface area contributed by atoms with Crippen molar-refractivity contribution in [2.24, 2.45) is 5.73 Å². The summed E-state index contributed by atoms with van der Waals surface area (Å²) in [6, 6.07) is 2.51. The van der Waals surface area contributed by atoms with Gasteiger partial charge in [-0.3, -0.25) is 4.90 Å². The lowest BCUT2D eigenvalue weighted by molar-refractivity contribution is 0.210. The fourth-order valence-electron chi connectivity index (χ4n) is 2.24. The largest absolute Gasteiger partial charge is 0.329 e. The highest BCUT2D eigenvalue weighted by Crippen LogP contribution is 2.34. The monoisotopic (exact) mass is 334 g/mol. The van der Waals surface area contributed by atoms with Crippen molar-refractivity contribution in [2.45, 2.75) is 24.6 Å². The first-order valence-electron chi connectivity index (χ1n) is 6.04. The van der Waals surface area contributed by atoms with Crippen LogP contribution >= 0.6 is 39.0 Å². The number of nitrogens with two attached hydrogens (primary N) is 1. The van der Waals surface area contributed by atoms with Gasteiger partial charge in [-0.2, -0.15) is 11.8 Å². The molecule has 1 aromatic rings. The summed E-state index contributed by atoms with van der Waals surface area (Å²) in [6.07, 6.45) is 1.25. The van der Waals surface area contributed by atoms with Crippen molar-refractivity contribution < 1.29 is 0 Å². The highest BCUT2D eigenvalue weighted by atomic mass is 79.9. The topological polar surface area (TPSA) is 29.3 Å². The van der Waals surface area contributed by atoms with Gasteiger partial charge in [-0.05, 0) is 33.8 Å². The third-order valence-electron chi connectivity index (χ3n) is 3.24. The first-order valence-corrected chi connectivity index (χ1v) is 8.77. The Morgan fingerprint density at radius 2 is 2.47 bits per heavy atom. The van der Waals surface area contributed by atoms with Gasteiger partial charge in [0.2, 0.25) is 0 Å². The van der Waals surface area contributed by atoms with E-state index in [0.29, 0.717) is 12.6 Å². The summed E-state index contributed by atoms with van der Waals surface area (Å²) in [4.78, 5) is 3.94. The van der Waals surface area contributed by atoms with Gasteiger partial charge in [-0.25, -0.2) is 0 Å². The van der Waals surface area contributed by atoms with Crippen molar-refractivity contribution >= 4 is 39.0 Å². The van der Waals surface area contributed by atoms with Crippen molar-refractivity contribution in [3.8, 4) is 0 Å². The molecule has 1 saturated heterocycles. The lowest BCUT2D eigenvalue weighted by Gasteiger charge is -2.37. The average molecular weight is 335 g/mol. The molecule has 0 saturated carbocycles. The second kappa shape index (κ2) is 6.57. The summed E-state index contributed by atoms with van der Waals surface area (Å²) in [5.74, 6) is 1.23. The van der Waals surface area contributed by atoms with Gasteiger partial charge >= 0.3 is 0 Å². The average Bonchev–Trinajstić information content (AvgIpc) is 2.77. The smallest absolute Gasteiger partial charge is 0.0576 e. The maximum absolute atomic E-state index is 5.99. The molecule has 2 rings (SSSR count). The number of thioether (sulfide) groups is 1. The zero-order chi connectivity index (χ0) is 12.3. The molecule has 0 aromatic carbocycles. The maximum Gasteiger partial charge on any atom is 0.0576 e. The molecule has 17 heavy (non-hydrogen) atoms. The fourth-order valence-corrected chi connectivity index (χ4v) is 5.23. The van der Waals surface area contributed by atoms with Crippen LogP contribution in [0.3, 0.4) is 0 Å². The molecular formula is C12H19BrN2S2. The Morgan fingerprint density at radius 3 is 3.06 bits per heavy atom. The van der Waals surface area contributed by atoms with Gasteiger partial charge in [0.1, 0.15) is 0 Å². The lowest BCUT2D eigenvalue weighted by Crippen LogP contribution is -2.42. The number of rotatable bonds is 4. The SMILES string of the molecule is CCC1CN(C(CN)c2sccc2Br)CCS1. The quantitative estimate of drug-likeness (QED) is 0.915. The zero-order valence-electron chi connectivity index (χ0n) is 10.1. The van der Waals surface area contributed by atoms with Gasteiger partial charge in [0.25, 0.3) is 0 Å². The molecule has 96 valence electrons. The third-order valence-corrected chi connectivity index (χ3v) is 6.58. The molecule has 0 spiro atoms. The van der Waals surface area contributed by atoms with Gasteiger partial charge in [0, 0.05) is 40.0 Å². The fraction of sp³-hybridized carbons (Fsp3) is 0.667. The summed E-state index contributed by atoms with van der Waals surface area (Å²) in [5.41, 5.74) is 5.99. The zero-order valence-corrected chi connectivity index (χ0v) is 13.3. The first kappa shape index (κ1) is 13.9. The van der Waals surface area contributed by atoms with E-state index in [9.17, 15) is 0 Å². The van der Waals surface area contributed by atoms with Crippen LogP contribution in [0.1, 0.15) is 24.3 Å². The van der Waals surface area contributed by atoms with Crippen LogP contribution in [0.15, 0.2) is 15.9 Å². The Hall–Kier alpha value is 0.450. The first-order chi connectivity index (χ1) is 8.26. The predicted octanol–water partition coefficient (Wildman–Crippen LogP) is 3.34. The van der Waals surface area contributed by atoms with Crippen molar-refractivity contribution in [1.82, 2.24) is 4.90 Å². The van der Waals surface area contributed by atoms with Crippen LogP contribution in [0.5, 0.6) is 0 Å². The minimum absolute atomic E-state index is 0.388. The second-order valence-corrected chi connectivity index (χ2v) is 7.49. The molecule has 2 unspecified atom stereocenters. The Morgan fingerprint density at radius 1 is 1.65 bits per heavy atom. The molecule has 0 amide bonds. The van der Waals surface area contributed by atoms with Crippen LogP contribution in [0.25, 0.3) is 0 Å². The van der Waals surface area contributed by atoms with Gasteiger partial charge in [0.15, 0.2) is 0 Å². The van der Waals surface area contributed by atoms with Crippen molar-refractivity contribution in [3.63, 3.8) is 0 Å². The van der Waals surface area contributed by atoms with E-state index in [-0.39, 0.29) is 0 Å². The van der Waals surface area contributed by atoms with Crippen molar-refractivity contribution in [3.05, 3.63) is 20.8 Å². The second-order valence-electron chi connectivity index (χ2n) is 4.28. The maximum atomic E-state index is 5.99. The number of thiophene rings is 1. The molecule has 0 radical (unpaired) electrons. The van der Waals surface area contributed by atoms with Crippen LogP contribution in [-0.4, -0.2) is 35.5 Å². The lowest BCUT2D eigenvalue weighted by atomic mass is 10.1. The minimum atomic E-state index is 0.388. The summed E-state index contributed by atoms with van der Waals surface area (Å²) < 4.78 is 1.21. The Balaban J connectivity index is 2.10. The van der Waals surface area contributed by atoms with E-state index in [1.165, 1.54) is 28.1 Å². The molecular weight excluding hydrogens is 316 g/mol. The normalized spacial score (nSPS) is 23.8. The van der Waals surface area contributed by atoms with E-state index >= 15 is 0 Å². The van der Waals surface area contributed by atoms with E-state index in [1.54, 1.807) is 0 Å². The molecule has 0 aliphatic carbocycles. The Bertz CT molecular complexity index is 356. The number of hydrogen-bond acceptors (Lipinski definition) is 4. The third kappa shape index (κ3) is 3.26. The molecule has 2 N–H and O–H groups in total. The minimum Gasteiger partial charge on any atom is -0.329 e. The molecule has 2 atom stereocenters. The van der Waals surface area contributed by atoms with Crippen LogP contribution in [0, 0.1) is 0 Å². The summed E-state index contributed by atoms with van der Waals surface area (Å²) >= 11 is 7.54. The molecule has 1 aliphatic heterocycles. The molecule has 2 heterocycles. The van der Waals surface area contributed by atoms with E-state index in [1.807, 2.05) is 11.3 Å². The van der Waals surface area contributed by atoms with E-state index in [0.717, 1.165) is 11.8 Å². The predicted molar refractivity (Wildman–Crippen MR) is 81.9 cm³/mol. The van der Waals surface area contributed by atoms with Crippen LogP contribution in [0.4, 0.5) is 0 Å². The van der Waals surface area contributed by atoms with Crippen molar-refractivity contribution in [2.75, 3.05) is 25.4 Å². The molecule has 1 aromatic heterocycles. The molecule has 5 heteroatoms. The summed E-state index contributed by atoms with van der Waals surface area (Å²) in [5, 5.41) is 2.91. The molecule has 0 bridgehead atoms. The number of hydrogen-bond donors (Lipinski definition) is 1. The van der Waals surface area contributed by atoms with Gasteiger partial charge in [-0.1, -0.05) is 6.92 Å².